The summed E-state index contributed by atoms with van der Waals surface area (Å²) >= 11 is 0. The molecule has 0 saturated heterocycles. The number of amides is 1. The SMILES string of the molecule is N#Cc1cc(NC(=O)c2cnn(-c3cccc4ccncc34)c2C(F)(F)F)cnc1-n1nccn1. The topological polar surface area (TPSA) is 127 Å². The van der Waals surface area contributed by atoms with Crippen LogP contribution in [0.2, 0.25) is 0 Å². The summed E-state index contributed by atoms with van der Waals surface area (Å²) < 4.78 is 43.1. The number of hydrogen-bond acceptors (Lipinski definition) is 7. The van der Waals surface area contributed by atoms with Gasteiger partial charge in [0.25, 0.3) is 5.91 Å². The quantitative estimate of drug-likeness (QED) is 0.421. The first-order valence-corrected chi connectivity index (χ1v) is 9.93. The number of rotatable bonds is 4. The molecule has 0 unspecified atom stereocenters. The van der Waals surface area contributed by atoms with E-state index in [4.69, 9.17) is 0 Å². The lowest BCUT2D eigenvalue weighted by Gasteiger charge is -2.14. The molecule has 0 atom stereocenters. The molecule has 4 aromatic heterocycles. The number of carbonyl (C=O) groups excluding carboxylic acids is 1. The number of aromatic nitrogens is 7. The van der Waals surface area contributed by atoms with Crippen LogP contribution >= 0.6 is 0 Å². The van der Waals surface area contributed by atoms with Gasteiger partial charge in [-0.05, 0) is 23.6 Å². The first-order chi connectivity index (χ1) is 16.9. The van der Waals surface area contributed by atoms with Crippen molar-refractivity contribution in [3.8, 4) is 17.6 Å². The molecule has 1 aromatic carbocycles. The lowest BCUT2D eigenvalue weighted by Crippen LogP contribution is -2.21. The standard InChI is InChI=1S/C22H12F3N9O/c23-22(24,25)19-17(12-31-33(19)18-3-1-2-13-4-5-27-11-16(13)18)21(35)32-15-8-14(9-26)20(28-10-15)34-29-6-7-30-34/h1-8,10-12H,(H,32,35). The maximum Gasteiger partial charge on any atom is 0.434 e. The van der Waals surface area contributed by atoms with Crippen LogP contribution in [0.4, 0.5) is 18.9 Å². The number of benzene rings is 1. The molecule has 0 spiro atoms. The fourth-order valence-electron chi connectivity index (χ4n) is 3.54. The molecule has 13 heteroatoms. The van der Waals surface area contributed by atoms with Crippen molar-refractivity contribution in [2.24, 2.45) is 0 Å². The minimum atomic E-state index is -4.90. The third-order valence-electron chi connectivity index (χ3n) is 5.02. The summed E-state index contributed by atoms with van der Waals surface area (Å²) in [5.41, 5.74) is -1.81. The first-order valence-electron chi connectivity index (χ1n) is 9.93. The molecule has 10 nitrogen and oxygen atoms in total. The fraction of sp³-hybridized carbons (Fsp3) is 0.0455. The second kappa shape index (κ2) is 8.34. The van der Waals surface area contributed by atoms with Crippen molar-refractivity contribution in [3.05, 3.63) is 84.3 Å². The summed E-state index contributed by atoms with van der Waals surface area (Å²) in [5.74, 6) is -0.971. The predicted molar refractivity (Wildman–Crippen MR) is 116 cm³/mol. The average molecular weight is 475 g/mol. The van der Waals surface area contributed by atoms with Gasteiger partial charge in [0.2, 0.25) is 0 Å². The van der Waals surface area contributed by atoms with Crippen LogP contribution in [0.25, 0.3) is 22.3 Å². The number of anilines is 1. The van der Waals surface area contributed by atoms with Gasteiger partial charge in [0.15, 0.2) is 11.5 Å². The Labute approximate surface area is 194 Å². The normalized spacial score (nSPS) is 11.4. The zero-order valence-electron chi connectivity index (χ0n) is 17.5. The van der Waals surface area contributed by atoms with E-state index in [0.29, 0.717) is 15.5 Å². The molecule has 172 valence electrons. The largest absolute Gasteiger partial charge is 0.434 e. The van der Waals surface area contributed by atoms with Gasteiger partial charge in [0.05, 0.1) is 41.7 Å². The molecule has 5 aromatic rings. The van der Waals surface area contributed by atoms with Gasteiger partial charge < -0.3 is 5.32 Å². The summed E-state index contributed by atoms with van der Waals surface area (Å²) in [7, 11) is 0. The second-order valence-electron chi connectivity index (χ2n) is 7.17. The zero-order chi connectivity index (χ0) is 24.6. The number of nitriles is 1. The molecule has 0 aliphatic carbocycles. The van der Waals surface area contributed by atoms with Crippen LogP contribution in [-0.2, 0) is 6.18 Å². The highest BCUT2D eigenvalue weighted by Gasteiger charge is 2.41. The Morgan fingerprint density at radius 1 is 1.03 bits per heavy atom. The highest BCUT2D eigenvalue weighted by Crippen LogP contribution is 2.35. The summed E-state index contributed by atoms with van der Waals surface area (Å²) in [4.78, 5) is 22.0. The lowest BCUT2D eigenvalue weighted by molar-refractivity contribution is -0.143. The van der Waals surface area contributed by atoms with Gasteiger partial charge in [-0.3, -0.25) is 9.78 Å². The number of nitrogens with one attached hydrogen (secondary N) is 1. The predicted octanol–water partition coefficient (Wildman–Crippen LogP) is 3.54. The van der Waals surface area contributed by atoms with Crippen LogP contribution in [0.15, 0.2) is 67.5 Å². The molecule has 0 radical (unpaired) electrons. The molecule has 35 heavy (non-hydrogen) atoms. The molecule has 1 N–H and O–H groups in total. The summed E-state index contributed by atoms with van der Waals surface area (Å²) in [6.07, 6.45) is 2.85. The monoisotopic (exact) mass is 475 g/mol. The Kier molecular flexibility index (Phi) is 5.17. The molecule has 1 amide bonds. The van der Waals surface area contributed by atoms with Gasteiger partial charge >= 0.3 is 6.18 Å². The Morgan fingerprint density at radius 3 is 2.57 bits per heavy atom. The Morgan fingerprint density at radius 2 is 1.83 bits per heavy atom. The number of fused-ring (bicyclic) bond motifs is 1. The van der Waals surface area contributed by atoms with Gasteiger partial charge in [-0.2, -0.15) is 33.7 Å². The third kappa shape index (κ3) is 3.93. The average Bonchev–Trinajstić information content (AvgIpc) is 3.54. The first kappa shape index (κ1) is 21.7. The van der Waals surface area contributed by atoms with Crippen LogP contribution in [0, 0.1) is 11.3 Å². The number of nitrogens with zero attached hydrogens (tertiary/aromatic N) is 8. The summed E-state index contributed by atoms with van der Waals surface area (Å²) in [5, 5.41) is 24.5. The Bertz CT molecular complexity index is 1600. The highest BCUT2D eigenvalue weighted by molar-refractivity contribution is 6.05. The number of carbonyl (C=O) groups is 1. The Balaban J connectivity index is 1.54. The maximum absolute atomic E-state index is 14.1. The van der Waals surface area contributed by atoms with Crippen molar-refractivity contribution >= 4 is 22.4 Å². The Hall–Kier alpha value is -5.12. The van der Waals surface area contributed by atoms with Crippen molar-refractivity contribution in [1.29, 1.82) is 5.26 Å². The second-order valence-corrected chi connectivity index (χ2v) is 7.17. The highest BCUT2D eigenvalue weighted by atomic mass is 19.4. The van der Waals surface area contributed by atoms with Crippen LogP contribution < -0.4 is 5.32 Å². The van der Waals surface area contributed by atoms with E-state index < -0.39 is 23.3 Å². The van der Waals surface area contributed by atoms with Crippen LogP contribution in [-0.4, -0.2) is 40.6 Å². The van der Waals surface area contributed by atoms with E-state index in [1.54, 1.807) is 18.2 Å². The summed E-state index contributed by atoms with van der Waals surface area (Å²) in [6.45, 7) is 0. The molecule has 0 saturated carbocycles. The van der Waals surface area contributed by atoms with Crippen molar-refractivity contribution in [2.45, 2.75) is 6.18 Å². The smallest absolute Gasteiger partial charge is 0.320 e. The van der Waals surface area contributed by atoms with Gasteiger partial charge in [-0.25, -0.2) is 9.67 Å². The van der Waals surface area contributed by atoms with Crippen LogP contribution in [0.1, 0.15) is 21.6 Å². The molecule has 0 aliphatic heterocycles. The summed E-state index contributed by atoms with van der Waals surface area (Å²) in [6, 6.07) is 9.59. The maximum atomic E-state index is 14.1. The molecule has 0 bridgehead atoms. The molecule has 5 rings (SSSR count). The van der Waals surface area contributed by atoms with E-state index in [1.165, 1.54) is 43.1 Å². The van der Waals surface area contributed by atoms with Crippen LogP contribution in [0.3, 0.4) is 0 Å². The molecule has 0 fully saturated rings. The van der Waals surface area contributed by atoms with Crippen molar-refractivity contribution in [1.82, 2.24) is 34.7 Å². The number of hydrogen-bond donors (Lipinski definition) is 1. The molecular formula is C22H12F3N9O. The molecular weight excluding hydrogens is 463 g/mol. The van der Waals surface area contributed by atoms with Gasteiger partial charge in [-0.1, -0.05) is 12.1 Å². The van der Waals surface area contributed by atoms with Gasteiger partial charge in [0.1, 0.15) is 11.6 Å². The number of alkyl halides is 3. The van der Waals surface area contributed by atoms with Crippen molar-refractivity contribution in [3.63, 3.8) is 0 Å². The third-order valence-corrected chi connectivity index (χ3v) is 5.02. The van der Waals surface area contributed by atoms with Gasteiger partial charge in [0, 0.05) is 17.8 Å². The molecule has 4 heterocycles. The van der Waals surface area contributed by atoms with Gasteiger partial charge in [-0.15, -0.1) is 4.80 Å². The van der Waals surface area contributed by atoms with E-state index in [-0.39, 0.29) is 22.8 Å². The van der Waals surface area contributed by atoms with E-state index in [2.05, 4.69) is 30.6 Å². The van der Waals surface area contributed by atoms with Crippen molar-refractivity contribution < 1.29 is 18.0 Å². The number of halogens is 3. The minimum absolute atomic E-state index is 0.00833. The minimum Gasteiger partial charge on any atom is -0.320 e. The fourth-order valence-corrected chi connectivity index (χ4v) is 3.54. The van der Waals surface area contributed by atoms with Crippen LogP contribution in [0.5, 0.6) is 0 Å². The van der Waals surface area contributed by atoms with E-state index in [1.807, 2.05) is 6.07 Å². The number of pyridine rings is 2. The van der Waals surface area contributed by atoms with Crippen molar-refractivity contribution in [2.75, 3.05) is 5.32 Å². The van der Waals surface area contributed by atoms with E-state index in [0.717, 1.165) is 11.0 Å². The lowest BCUT2D eigenvalue weighted by atomic mass is 10.1. The molecule has 0 aliphatic rings. The van der Waals surface area contributed by atoms with E-state index >= 15 is 0 Å². The zero-order valence-corrected chi connectivity index (χ0v) is 17.5. The van der Waals surface area contributed by atoms with E-state index in [9.17, 15) is 23.2 Å².